The molecule has 66 valence electrons. The summed E-state index contributed by atoms with van der Waals surface area (Å²) < 4.78 is 9.01. The average Bonchev–Trinajstić information content (AvgIpc) is 2.59. The molecular weight excluding hydrogens is 251 g/mol. The highest BCUT2D eigenvalue weighted by Gasteiger charge is 2.13. The Morgan fingerprint density at radius 3 is 2.46 bits per heavy atom. The summed E-state index contributed by atoms with van der Waals surface area (Å²) in [6.45, 7) is 0. The average molecular weight is 257 g/mol. The molecule has 0 bridgehead atoms. The van der Waals surface area contributed by atoms with Crippen LogP contribution in [0.25, 0.3) is 11.0 Å². The van der Waals surface area contributed by atoms with Gasteiger partial charge in [-0.3, -0.25) is 0 Å². The molecule has 0 radical (unpaired) electrons. The van der Waals surface area contributed by atoms with Crippen LogP contribution in [0.4, 0.5) is 11.4 Å². The molecule has 1 heterocycles. The molecule has 4 N–H and O–H groups in total. The summed E-state index contributed by atoms with van der Waals surface area (Å²) in [5.74, 6) is 0. The Bertz CT molecular complexity index is 441. The standard InChI is InChI=1S/C6H6BBrN4S/c7-1-3(9)4(10)2(8)6-5(1)11-13-12-6/h7,9-10H2. The van der Waals surface area contributed by atoms with Gasteiger partial charge in [-0.2, -0.15) is 8.75 Å². The first-order valence-corrected chi connectivity index (χ1v) is 5.10. The lowest BCUT2D eigenvalue weighted by Gasteiger charge is -2.06. The molecule has 0 aliphatic rings. The topological polar surface area (TPSA) is 77.8 Å². The van der Waals surface area contributed by atoms with E-state index in [1.54, 1.807) is 0 Å². The summed E-state index contributed by atoms with van der Waals surface area (Å²) >= 11 is 4.50. The van der Waals surface area contributed by atoms with Crippen molar-refractivity contribution >= 4 is 63.4 Å². The van der Waals surface area contributed by atoms with E-state index in [4.69, 9.17) is 11.5 Å². The van der Waals surface area contributed by atoms with E-state index in [1.807, 2.05) is 7.85 Å². The molecule has 0 amide bonds. The van der Waals surface area contributed by atoms with Gasteiger partial charge in [0.05, 0.1) is 27.6 Å². The van der Waals surface area contributed by atoms with E-state index in [-0.39, 0.29) is 0 Å². The van der Waals surface area contributed by atoms with Crippen LogP contribution in [0.2, 0.25) is 0 Å². The molecule has 0 fully saturated rings. The van der Waals surface area contributed by atoms with Gasteiger partial charge in [0.2, 0.25) is 0 Å². The second-order valence-electron chi connectivity index (χ2n) is 2.73. The zero-order valence-electron chi connectivity index (χ0n) is 6.84. The predicted octanol–water partition coefficient (Wildman–Crippen LogP) is -0.123. The van der Waals surface area contributed by atoms with Gasteiger partial charge in [-0.15, -0.1) is 0 Å². The molecule has 7 heteroatoms. The van der Waals surface area contributed by atoms with Crippen molar-refractivity contribution in [2.24, 2.45) is 0 Å². The van der Waals surface area contributed by atoms with E-state index in [1.165, 1.54) is 0 Å². The van der Waals surface area contributed by atoms with Gasteiger partial charge in [-0.05, 0) is 21.4 Å². The fourth-order valence-corrected chi connectivity index (χ4v) is 2.37. The summed E-state index contributed by atoms with van der Waals surface area (Å²) in [5, 5.41) is 0. The van der Waals surface area contributed by atoms with Crippen LogP contribution >= 0.6 is 27.7 Å². The number of halogens is 1. The Morgan fingerprint density at radius 2 is 1.77 bits per heavy atom. The van der Waals surface area contributed by atoms with Crippen LogP contribution in [0, 0.1) is 0 Å². The number of aromatic nitrogens is 2. The van der Waals surface area contributed by atoms with Crippen LogP contribution in [-0.4, -0.2) is 16.6 Å². The molecule has 0 aliphatic carbocycles. The van der Waals surface area contributed by atoms with Crippen molar-refractivity contribution in [1.82, 2.24) is 8.75 Å². The van der Waals surface area contributed by atoms with Gasteiger partial charge in [0.15, 0.2) is 0 Å². The van der Waals surface area contributed by atoms with Crippen molar-refractivity contribution in [2.45, 2.75) is 0 Å². The summed E-state index contributed by atoms with van der Waals surface area (Å²) in [6.07, 6.45) is 0. The monoisotopic (exact) mass is 256 g/mol. The smallest absolute Gasteiger partial charge is 0.145 e. The first-order chi connectivity index (χ1) is 6.13. The molecule has 0 saturated carbocycles. The third-order valence-corrected chi connectivity index (χ3v) is 3.31. The van der Waals surface area contributed by atoms with Crippen LogP contribution in [0.5, 0.6) is 0 Å². The fourth-order valence-electron chi connectivity index (χ4n) is 1.15. The van der Waals surface area contributed by atoms with Crippen LogP contribution < -0.4 is 16.9 Å². The Balaban J connectivity index is 3.02. The third-order valence-electron chi connectivity index (χ3n) is 1.98. The number of nitrogens with two attached hydrogens (primary N) is 2. The van der Waals surface area contributed by atoms with Crippen LogP contribution in [-0.2, 0) is 0 Å². The highest BCUT2D eigenvalue weighted by molar-refractivity contribution is 9.10. The summed E-state index contributed by atoms with van der Waals surface area (Å²) in [6, 6.07) is 0. The van der Waals surface area contributed by atoms with Crippen molar-refractivity contribution in [2.75, 3.05) is 11.5 Å². The fraction of sp³-hybridized carbons (Fsp3) is 0. The van der Waals surface area contributed by atoms with Crippen LogP contribution in [0.15, 0.2) is 4.47 Å². The van der Waals surface area contributed by atoms with Crippen LogP contribution in [0.3, 0.4) is 0 Å². The van der Waals surface area contributed by atoms with E-state index < -0.39 is 0 Å². The van der Waals surface area contributed by atoms with Crippen molar-refractivity contribution in [3.63, 3.8) is 0 Å². The lowest BCUT2D eigenvalue weighted by molar-refractivity contribution is 1.62. The van der Waals surface area contributed by atoms with E-state index in [0.717, 1.165) is 32.7 Å². The molecular formula is C6H6BBrN4S. The molecule has 1 aromatic carbocycles. The molecule has 4 nitrogen and oxygen atoms in total. The van der Waals surface area contributed by atoms with Crippen LogP contribution in [0.1, 0.15) is 0 Å². The second-order valence-corrected chi connectivity index (χ2v) is 4.05. The number of fused-ring (bicyclic) bond motifs is 1. The van der Waals surface area contributed by atoms with Gasteiger partial charge >= 0.3 is 0 Å². The number of hydrogen-bond donors (Lipinski definition) is 2. The first-order valence-electron chi connectivity index (χ1n) is 3.58. The number of nitrogen functional groups attached to an aromatic ring is 2. The van der Waals surface area contributed by atoms with Gasteiger partial charge in [-0.25, -0.2) is 0 Å². The predicted molar refractivity (Wildman–Crippen MR) is 62.1 cm³/mol. The molecule has 0 aliphatic heterocycles. The van der Waals surface area contributed by atoms with Gasteiger partial charge in [0.1, 0.15) is 18.9 Å². The van der Waals surface area contributed by atoms with Gasteiger partial charge < -0.3 is 11.5 Å². The minimum absolute atomic E-state index is 0.540. The Hall–Kier alpha value is -0.815. The van der Waals surface area contributed by atoms with Gasteiger partial charge in [-0.1, -0.05) is 0 Å². The molecule has 0 saturated heterocycles. The number of rotatable bonds is 0. The van der Waals surface area contributed by atoms with E-state index in [2.05, 4.69) is 24.7 Å². The highest BCUT2D eigenvalue weighted by atomic mass is 79.9. The van der Waals surface area contributed by atoms with Gasteiger partial charge in [0, 0.05) is 0 Å². The zero-order valence-corrected chi connectivity index (χ0v) is 9.24. The zero-order chi connectivity index (χ0) is 9.59. The number of benzene rings is 1. The maximum atomic E-state index is 5.79. The molecule has 0 spiro atoms. The molecule has 0 atom stereocenters. The Morgan fingerprint density at radius 1 is 1.15 bits per heavy atom. The lowest BCUT2D eigenvalue weighted by Crippen LogP contribution is -2.14. The van der Waals surface area contributed by atoms with Crippen molar-refractivity contribution < 1.29 is 0 Å². The van der Waals surface area contributed by atoms with Crippen molar-refractivity contribution in [3.8, 4) is 0 Å². The molecule has 0 unspecified atom stereocenters. The van der Waals surface area contributed by atoms with Crippen molar-refractivity contribution in [1.29, 1.82) is 0 Å². The van der Waals surface area contributed by atoms with E-state index in [0.29, 0.717) is 11.4 Å². The summed E-state index contributed by atoms with van der Waals surface area (Å²) in [4.78, 5) is 0. The molecule has 13 heavy (non-hydrogen) atoms. The third kappa shape index (κ3) is 1.11. The highest BCUT2D eigenvalue weighted by Crippen LogP contribution is 2.30. The lowest BCUT2D eigenvalue weighted by atomic mass is 9.92. The normalized spacial score (nSPS) is 10.8. The molecule has 2 aromatic rings. The largest absolute Gasteiger partial charge is 0.397 e. The Kier molecular flexibility index (Phi) is 1.92. The summed E-state index contributed by atoms with van der Waals surface area (Å²) in [7, 11) is 1.89. The second kappa shape index (κ2) is 2.85. The van der Waals surface area contributed by atoms with Crippen molar-refractivity contribution in [3.05, 3.63) is 4.47 Å². The number of nitrogens with zero attached hydrogens (tertiary/aromatic N) is 2. The minimum atomic E-state index is 0.540. The Labute approximate surface area is 88.2 Å². The minimum Gasteiger partial charge on any atom is -0.397 e. The first kappa shape index (κ1) is 8.77. The molecule has 2 rings (SSSR count). The van der Waals surface area contributed by atoms with E-state index >= 15 is 0 Å². The van der Waals surface area contributed by atoms with E-state index in [9.17, 15) is 0 Å². The number of anilines is 2. The van der Waals surface area contributed by atoms with Gasteiger partial charge in [0.25, 0.3) is 0 Å². The quantitative estimate of drug-likeness (QED) is 0.509. The maximum Gasteiger partial charge on any atom is 0.145 e. The molecule has 1 aromatic heterocycles. The SMILES string of the molecule is Bc1c(N)c(N)c(Br)c2nsnc12. The maximum absolute atomic E-state index is 5.79. The summed E-state index contributed by atoms with van der Waals surface area (Å²) in [5.41, 5.74) is 15.2. The number of hydrogen-bond acceptors (Lipinski definition) is 5.